The number of aromatic nitrogens is 2. The molecule has 8 nitrogen and oxygen atoms in total. The summed E-state index contributed by atoms with van der Waals surface area (Å²) in [7, 11) is 0. The molecule has 0 unspecified atom stereocenters. The van der Waals surface area contributed by atoms with Crippen LogP contribution in [0.4, 0.5) is 10.5 Å². The van der Waals surface area contributed by atoms with Gasteiger partial charge < -0.3 is 14.2 Å². The number of fused-ring (bicyclic) bond motifs is 1. The maximum atomic E-state index is 12.6. The van der Waals surface area contributed by atoms with E-state index < -0.39 is 23.3 Å². The molecule has 1 aliphatic carbocycles. The van der Waals surface area contributed by atoms with E-state index in [-0.39, 0.29) is 13.2 Å². The SMILES string of the molecule is CCOC(=O)COC(C)(C)c1cc2nn(C3CCC(CC)CC3)cc2cc1NC(=O)OC(C)(C)C. The fraction of sp³-hybridized carbons (Fsp3) is 0.667. The lowest BCUT2D eigenvalue weighted by atomic mass is 9.85. The number of anilines is 1. The molecular formula is C27H41N3O5. The molecule has 1 aromatic carbocycles. The molecule has 1 amide bonds. The van der Waals surface area contributed by atoms with Crippen LogP contribution >= 0.6 is 0 Å². The first-order valence-electron chi connectivity index (χ1n) is 12.7. The molecule has 1 aromatic heterocycles. The van der Waals surface area contributed by atoms with E-state index in [0.29, 0.717) is 17.3 Å². The van der Waals surface area contributed by atoms with Gasteiger partial charge in [0.2, 0.25) is 0 Å². The minimum Gasteiger partial charge on any atom is -0.464 e. The molecule has 35 heavy (non-hydrogen) atoms. The lowest BCUT2D eigenvalue weighted by Crippen LogP contribution is -2.30. The van der Waals surface area contributed by atoms with Crippen LogP contribution in [0, 0.1) is 5.92 Å². The molecular weight excluding hydrogens is 446 g/mol. The Bertz CT molecular complexity index is 1030. The molecule has 1 heterocycles. The second kappa shape index (κ2) is 11.0. The third-order valence-electron chi connectivity index (χ3n) is 6.57. The molecule has 8 heteroatoms. The fourth-order valence-corrected chi connectivity index (χ4v) is 4.63. The van der Waals surface area contributed by atoms with E-state index in [0.717, 1.165) is 29.7 Å². The first-order chi connectivity index (χ1) is 16.4. The summed E-state index contributed by atoms with van der Waals surface area (Å²) in [5, 5.41) is 8.71. The van der Waals surface area contributed by atoms with Crippen molar-refractivity contribution in [2.75, 3.05) is 18.5 Å². The summed E-state index contributed by atoms with van der Waals surface area (Å²) in [6.07, 6.45) is 7.43. The van der Waals surface area contributed by atoms with Gasteiger partial charge in [-0.1, -0.05) is 13.3 Å². The van der Waals surface area contributed by atoms with Gasteiger partial charge in [0.05, 0.1) is 29.5 Å². The second-order valence-electron chi connectivity index (χ2n) is 10.9. The van der Waals surface area contributed by atoms with Crippen molar-refractivity contribution in [3.8, 4) is 0 Å². The number of benzene rings is 1. The van der Waals surface area contributed by atoms with Crippen LogP contribution in [0.25, 0.3) is 10.9 Å². The van der Waals surface area contributed by atoms with Crippen molar-refractivity contribution in [3.63, 3.8) is 0 Å². The van der Waals surface area contributed by atoms with E-state index in [9.17, 15) is 9.59 Å². The van der Waals surface area contributed by atoms with Gasteiger partial charge in [-0.15, -0.1) is 0 Å². The Labute approximate surface area is 208 Å². The van der Waals surface area contributed by atoms with Gasteiger partial charge >= 0.3 is 12.1 Å². The molecule has 0 spiro atoms. The number of hydrogen-bond donors (Lipinski definition) is 1. The van der Waals surface area contributed by atoms with Crippen molar-refractivity contribution in [2.45, 2.75) is 97.8 Å². The van der Waals surface area contributed by atoms with Crippen molar-refractivity contribution >= 4 is 28.7 Å². The van der Waals surface area contributed by atoms with Gasteiger partial charge in [0, 0.05) is 17.1 Å². The van der Waals surface area contributed by atoms with Crippen LogP contribution in [-0.2, 0) is 24.6 Å². The number of nitrogens with zero attached hydrogens (tertiary/aromatic N) is 2. The third kappa shape index (κ3) is 7.19. The highest BCUT2D eigenvalue weighted by Crippen LogP contribution is 2.37. The standard InChI is InChI=1S/C27H41N3O5/c1-8-18-10-12-20(13-11-18)30-16-19-14-23(28-25(32)35-26(3,4)5)21(15-22(19)29-30)27(6,7)34-17-24(31)33-9-2/h14-16,18,20H,8-13,17H2,1-7H3,(H,28,32). The molecule has 1 fully saturated rings. The van der Waals surface area contributed by atoms with Gasteiger partial charge in [-0.3, -0.25) is 10.00 Å². The van der Waals surface area contributed by atoms with Gasteiger partial charge in [-0.25, -0.2) is 9.59 Å². The molecule has 0 atom stereocenters. The van der Waals surface area contributed by atoms with E-state index in [4.69, 9.17) is 19.3 Å². The van der Waals surface area contributed by atoms with Crippen molar-refractivity contribution in [2.24, 2.45) is 5.92 Å². The van der Waals surface area contributed by atoms with Crippen LogP contribution < -0.4 is 5.32 Å². The predicted molar refractivity (Wildman–Crippen MR) is 136 cm³/mol. The van der Waals surface area contributed by atoms with E-state index in [1.165, 1.54) is 19.3 Å². The Balaban J connectivity index is 1.93. The van der Waals surface area contributed by atoms with Crippen LogP contribution in [-0.4, -0.2) is 40.7 Å². The Morgan fingerprint density at radius 3 is 2.37 bits per heavy atom. The first kappa shape index (κ1) is 27.0. The molecule has 0 aliphatic heterocycles. The van der Waals surface area contributed by atoms with Crippen molar-refractivity contribution < 1.29 is 23.8 Å². The monoisotopic (exact) mass is 487 g/mol. The van der Waals surface area contributed by atoms with Gasteiger partial charge in [-0.05, 0) is 85.3 Å². The summed E-state index contributed by atoms with van der Waals surface area (Å²) in [6.45, 7) is 13.3. The first-order valence-corrected chi connectivity index (χ1v) is 12.7. The average molecular weight is 488 g/mol. The van der Waals surface area contributed by atoms with Crippen molar-refractivity contribution in [1.82, 2.24) is 9.78 Å². The minimum absolute atomic E-state index is 0.195. The Morgan fingerprint density at radius 2 is 1.77 bits per heavy atom. The maximum Gasteiger partial charge on any atom is 0.412 e. The van der Waals surface area contributed by atoms with Crippen LogP contribution in [0.3, 0.4) is 0 Å². The molecule has 0 saturated heterocycles. The molecule has 1 aliphatic rings. The van der Waals surface area contributed by atoms with Crippen LogP contribution in [0.15, 0.2) is 18.3 Å². The Kier molecular flexibility index (Phi) is 8.46. The maximum absolute atomic E-state index is 12.6. The average Bonchev–Trinajstić information content (AvgIpc) is 3.19. The van der Waals surface area contributed by atoms with E-state index in [2.05, 4.69) is 23.1 Å². The summed E-state index contributed by atoms with van der Waals surface area (Å²) in [4.78, 5) is 24.6. The summed E-state index contributed by atoms with van der Waals surface area (Å²) >= 11 is 0. The lowest BCUT2D eigenvalue weighted by Gasteiger charge is -2.28. The molecule has 2 aromatic rings. The number of carbonyl (C=O) groups is 2. The second-order valence-corrected chi connectivity index (χ2v) is 10.9. The van der Waals surface area contributed by atoms with Crippen molar-refractivity contribution in [1.29, 1.82) is 0 Å². The van der Waals surface area contributed by atoms with Crippen LogP contribution in [0.5, 0.6) is 0 Å². The fourth-order valence-electron chi connectivity index (χ4n) is 4.63. The number of esters is 1. The highest BCUT2D eigenvalue weighted by atomic mass is 16.6. The number of rotatable bonds is 8. The minimum atomic E-state index is -0.895. The zero-order valence-corrected chi connectivity index (χ0v) is 22.3. The smallest absolute Gasteiger partial charge is 0.412 e. The van der Waals surface area contributed by atoms with E-state index in [1.807, 2.05) is 46.8 Å². The highest BCUT2D eigenvalue weighted by molar-refractivity contribution is 5.92. The number of carbonyl (C=O) groups excluding carboxylic acids is 2. The number of ether oxygens (including phenoxy) is 3. The molecule has 0 radical (unpaired) electrons. The molecule has 3 rings (SSSR count). The topological polar surface area (TPSA) is 91.7 Å². The van der Waals surface area contributed by atoms with E-state index in [1.54, 1.807) is 6.92 Å². The highest BCUT2D eigenvalue weighted by Gasteiger charge is 2.29. The van der Waals surface area contributed by atoms with Crippen LogP contribution in [0.2, 0.25) is 0 Å². The quantitative estimate of drug-likeness (QED) is 0.437. The molecule has 1 saturated carbocycles. The van der Waals surface area contributed by atoms with Gasteiger partial charge in [-0.2, -0.15) is 5.10 Å². The summed E-state index contributed by atoms with van der Waals surface area (Å²) < 4.78 is 18.5. The van der Waals surface area contributed by atoms with Gasteiger partial charge in [0.1, 0.15) is 12.2 Å². The number of amides is 1. The molecule has 1 N–H and O–H groups in total. The normalized spacial score (nSPS) is 18.9. The van der Waals surface area contributed by atoms with E-state index >= 15 is 0 Å². The number of nitrogens with one attached hydrogen (secondary N) is 1. The lowest BCUT2D eigenvalue weighted by molar-refractivity contribution is -0.154. The van der Waals surface area contributed by atoms with Crippen LogP contribution in [0.1, 0.15) is 92.2 Å². The summed E-state index contributed by atoms with van der Waals surface area (Å²) in [5.74, 6) is 0.375. The Morgan fingerprint density at radius 1 is 1.09 bits per heavy atom. The zero-order valence-electron chi connectivity index (χ0n) is 22.3. The third-order valence-corrected chi connectivity index (χ3v) is 6.57. The largest absolute Gasteiger partial charge is 0.464 e. The Hall–Kier alpha value is -2.61. The van der Waals surface area contributed by atoms with Gasteiger partial charge in [0.25, 0.3) is 0 Å². The van der Waals surface area contributed by atoms with Gasteiger partial charge in [0.15, 0.2) is 0 Å². The number of hydrogen-bond acceptors (Lipinski definition) is 6. The predicted octanol–water partition coefficient (Wildman–Crippen LogP) is 6.34. The van der Waals surface area contributed by atoms with Crippen molar-refractivity contribution in [3.05, 3.63) is 23.9 Å². The summed E-state index contributed by atoms with van der Waals surface area (Å²) in [6, 6.07) is 4.22. The summed E-state index contributed by atoms with van der Waals surface area (Å²) in [5.41, 5.74) is 0.566. The molecule has 194 valence electrons. The zero-order chi connectivity index (χ0) is 25.8. The molecule has 0 bridgehead atoms.